The third-order valence-electron chi connectivity index (χ3n) is 4.56. The van der Waals surface area contributed by atoms with E-state index in [4.69, 9.17) is 4.74 Å². The van der Waals surface area contributed by atoms with Crippen molar-refractivity contribution in [2.24, 2.45) is 0 Å². The summed E-state index contributed by atoms with van der Waals surface area (Å²) in [7, 11) is 1.34. The predicted molar refractivity (Wildman–Crippen MR) is 113 cm³/mol. The highest BCUT2D eigenvalue weighted by Gasteiger charge is 2.22. The molecule has 1 N–H and O–H groups in total. The fourth-order valence-electron chi connectivity index (χ4n) is 3.27. The first-order chi connectivity index (χ1) is 14.0. The van der Waals surface area contributed by atoms with Gasteiger partial charge in [-0.25, -0.2) is 9.78 Å². The molecule has 1 saturated heterocycles. The third-order valence-corrected chi connectivity index (χ3v) is 4.56. The zero-order valence-electron chi connectivity index (χ0n) is 17.2. The van der Waals surface area contributed by atoms with Crippen LogP contribution in [-0.2, 0) is 16.1 Å². The number of benzene rings is 1. The summed E-state index contributed by atoms with van der Waals surface area (Å²) in [5.74, 6) is 1.24. The highest BCUT2D eigenvalue weighted by molar-refractivity contribution is 5.86. The van der Waals surface area contributed by atoms with Crippen molar-refractivity contribution < 1.29 is 14.3 Å². The minimum absolute atomic E-state index is 0.175. The van der Waals surface area contributed by atoms with E-state index >= 15 is 0 Å². The van der Waals surface area contributed by atoms with E-state index in [0.29, 0.717) is 11.7 Å². The van der Waals surface area contributed by atoms with Crippen molar-refractivity contribution in [1.82, 2.24) is 14.9 Å². The monoisotopic (exact) mass is 396 g/mol. The van der Waals surface area contributed by atoms with Crippen molar-refractivity contribution in [2.75, 3.05) is 25.5 Å². The fraction of sp³-hybridized carbons (Fsp3) is 0.409. The van der Waals surface area contributed by atoms with Crippen LogP contribution in [0.25, 0.3) is 6.08 Å². The van der Waals surface area contributed by atoms with Crippen molar-refractivity contribution >= 4 is 17.9 Å². The van der Waals surface area contributed by atoms with E-state index in [-0.39, 0.29) is 6.10 Å². The Hall–Kier alpha value is -2.93. The lowest BCUT2D eigenvalue weighted by molar-refractivity contribution is -0.134. The maximum absolute atomic E-state index is 11.1. The standard InChI is InChI=1S/C22H28N4O3/c1-16(2)29-20-6-4-5-17(11-20)14-26-10-9-19(15-26)25-21-13-23-18(12-24-21)7-8-22(27)28-3/h4-8,11-13,16,19H,9-10,14-15H2,1-3H3,(H,24,25)/b8-7+/t19-/m1/s1. The molecule has 2 aromatic rings. The Balaban J connectivity index is 1.50. The van der Waals surface area contributed by atoms with Gasteiger partial charge in [0.25, 0.3) is 0 Å². The van der Waals surface area contributed by atoms with Crippen LogP contribution >= 0.6 is 0 Å². The number of likely N-dealkylation sites (tertiary alicyclic amines) is 1. The van der Waals surface area contributed by atoms with E-state index in [0.717, 1.165) is 37.6 Å². The number of methoxy groups -OCH3 is 1. The first kappa shape index (κ1) is 20.8. The Morgan fingerprint density at radius 2 is 2.21 bits per heavy atom. The van der Waals surface area contributed by atoms with Crippen LogP contribution in [0.2, 0.25) is 0 Å². The first-order valence-corrected chi connectivity index (χ1v) is 9.84. The Labute approximate surface area is 171 Å². The smallest absolute Gasteiger partial charge is 0.330 e. The second kappa shape index (κ2) is 10.0. The van der Waals surface area contributed by atoms with Gasteiger partial charge in [-0.3, -0.25) is 9.88 Å². The summed E-state index contributed by atoms with van der Waals surface area (Å²) < 4.78 is 10.4. The number of hydrogen-bond acceptors (Lipinski definition) is 7. The minimum Gasteiger partial charge on any atom is -0.491 e. The summed E-state index contributed by atoms with van der Waals surface area (Å²) in [6.45, 7) is 6.94. The van der Waals surface area contributed by atoms with Crippen LogP contribution in [0.5, 0.6) is 5.75 Å². The van der Waals surface area contributed by atoms with Crippen molar-refractivity contribution in [3.63, 3.8) is 0 Å². The van der Waals surface area contributed by atoms with Crippen molar-refractivity contribution in [3.05, 3.63) is 54.0 Å². The molecule has 154 valence electrons. The Morgan fingerprint density at radius 1 is 1.34 bits per heavy atom. The molecule has 1 aromatic carbocycles. The van der Waals surface area contributed by atoms with E-state index in [1.54, 1.807) is 18.5 Å². The van der Waals surface area contributed by atoms with Gasteiger partial charge in [0.15, 0.2) is 0 Å². The molecule has 1 atom stereocenters. The molecule has 0 spiro atoms. The molecule has 1 fully saturated rings. The molecule has 1 aromatic heterocycles. The number of nitrogens with one attached hydrogen (secondary N) is 1. The lowest BCUT2D eigenvalue weighted by Gasteiger charge is -2.18. The molecule has 0 radical (unpaired) electrons. The van der Waals surface area contributed by atoms with Crippen LogP contribution in [-0.4, -0.2) is 53.2 Å². The summed E-state index contributed by atoms with van der Waals surface area (Å²) >= 11 is 0. The minimum atomic E-state index is -0.415. The molecule has 0 unspecified atom stereocenters. The summed E-state index contributed by atoms with van der Waals surface area (Å²) in [4.78, 5) is 22.2. The van der Waals surface area contributed by atoms with Gasteiger partial charge in [0, 0.05) is 31.8 Å². The zero-order valence-corrected chi connectivity index (χ0v) is 17.2. The van der Waals surface area contributed by atoms with Gasteiger partial charge < -0.3 is 14.8 Å². The van der Waals surface area contributed by atoms with E-state index in [9.17, 15) is 4.79 Å². The molecule has 7 heteroatoms. The second-order valence-electron chi connectivity index (χ2n) is 7.36. The summed E-state index contributed by atoms with van der Waals surface area (Å²) in [6, 6.07) is 8.63. The molecule has 2 heterocycles. The quantitative estimate of drug-likeness (QED) is 0.543. The molecule has 1 aliphatic rings. The van der Waals surface area contributed by atoms with Crippen LogP contribution in [0.1, 0.15) is 31.5 Å². The first-order valence-electron chi connectivity index (χ1n) is 9.84. The van der Waals surface area contributed by atoms with Crippen LogP contribution in [0, 0.1) is 0 Å². The van der Waals surface area contributed by atoms with Gasteiger partial charge in [-0.15, -0.1) is 0 Å². The number of carbonyl (C=O) groups is 1. The fourth-order valence-corrected chi connectivity index (χ4v) is 3.27. The maximum atomic E-state index is 11.1. The molecule has 0 saturated carbocycles. The SMILES string of the molecule is COC(=O)/C=C/c1cnc(N[C@@H]2CCN(Cc3cccc(OC(C)C)c3)C2)cn1. The number of nitrogens with zero attached hydrogens (tertiary/aromatic N) is 3. The van der Waals surface area contributed by atoms with Crippen LogP contribution in [0.15, 0.2) is 42.7 Å². The van der Waals surface area contributed by atoms with Gasteiger partial charge in [0.2, 0.25) is 0 Å². The largest absolute Gasteiger partial charge is 0.491 e. The van der Waals surface area contributed by atoms with Gasteiger partial charge in [-0.1, -0.05) is 12.1 Å². The topological polar surface area (TPSA) is 76.6 Å². The molecule has 0 aliphatic carbocycles. The van der Waals surface area contributed by atoms with E-state index in [1.165, 1.54) is 18.7 Å². The average molecular weight is 396 g/mol. The Bertz CT molecular complexity index is 836. The number of esters is 1. The van der Waals surface area contributed by atoms with E-state index < -0.39 is 5.97 Å². The van der Waals surface area contributed by atoms with Crippen LogP contribution < -0.4 is 10.1 Å². The van der Waals surface area contributed by atoms with Crippen LogP contribution in [0.4, 0.5) is 5.82 Å². The molecule has 1 aliphatic heterocycles. The summed E-state index contributed by atoms with van der Waals surface area (Å²) in [6.07, 6.45) is 7.45. The number of hydrogen-bond donors (Lipinski definition) is 1. The molecule has 3 rings (SSSR count). The Kier molecular flexibility index (Phi) is 7.19. The number of ether oxygens (including phenoxy) is 2. The van der Waals surface area contributed by atoms with Gasteiger partial charge in [-0.05, 0) is 44.0 Å². The normalized spacial score (nSPS) is 17.0. The van der Waals surface area contributed by atoms with Crippen molar-refractivity contribution in [2.45, 2.75) is 39.0 Å². The van der Waals surface area contributed by atoms with Gasteiger partial charge in [0.1, 0.15) is 11.6 Å². The van der Waals surface area contributed by atoms with Crippen LogP contribution in [0.3, 0.4) is 0 Å². The molecular weight excluding hydrogens is 368 g/mol. The van der Waals surface area contributed by atoms with Crippen molar-refractivity contribution in [1.29, 1.82) is 0 Å². The average Bonchev–Trinajstić information content (AvgIpc) is 3.13. The molecule has 7 nitrogen and oxygen atoms in total. The van der Waals surface area contributed by atoms with Crippen molar-refractivity contribution in [3.8, 4) is 5.75 Å². The molecule has 0 bridgehead atoms. The lowest BCUT2D eigenvalue weighted by Crippen LogP contribution is -2.26. The van der Waals surface area contributed by atoms with Gasteiger partial charge in [0.05, 0.1) is 31.3 Å². The second-order valence-corrected chi connectivity index (χ2v) is 7.36. The molecular formula is C22H28N4O3. The van der Waals surface area contributed by atoms with E-state index in [2.05, 4.69) is 37.1 Å². The maximum Gasteiger partial charge on any atom is 0.330 e. The van der Waals surface area contributed by atoms with E-state index in [1.807, 2.05) is 26.0 Å². The Morgan fingerprint density at radius 3 is 2.93 bits per heavy atom. The predicted octanol–water partition coefficient (Wildman–Crippen LogP) is 3.14. The highest BCUT2D eigenvalue weighted by atomic mass is 16.5. The molecule has 0 amide bonds. The number of carbonyl (C=O) groups excluding carboxylic acids is 1. The highest BCUT2D eigenvalue weighted by Crippen LogP contribution is 2.20. The third kappa shape index (κ3) is 6.57. The lowest BCUT2D eigenvalue weighted by atomic mass is 10.2. The van der Waals surface area contributed by atoms with Gasteiger partial charge >= 0.3 is 5.97 Å². The summed E-state index contributed by atoms with van der Waals surface area (Å²) in [5.41, 5.74) is 1.86. The summed E-state index contributed by atoms with van der Waals surface area (Å²) in [5, 5.41) is 3.44. The number of rotatable bonds is 8. The molecule has 29 heavy (non-hydrogen) atoms. The number of aromatic nitrogens is 2. The van der Waals surface area contributed by atoms with Gasteiger partial charge in [-0.2, -0.15) is 0 Å². The zero-order chi connectivity index (χ0) is 20.6. The number of anilines is 1.